The number of hydrogen-bond donors (Lipinski definition) is 1. The summed E-state index contributed by atoms with van der Waals surface area (Å²) in [5.41, 5.74) is 4.25. The van der Waals surface area contributed by atoms with E-state index in [1.54, 1.807) is 0 Å². The Balaban J connectivity index is 1.37. The minimum Gasteiger partial charge on any atom is -0.374 e. The molecule has 0 spiro atoms. The minimum absolute atomic E-state index is 0.285. The third-order valence-electron chi connectivity index (χ3n) is 7.51. The third-order valence-corrected chi connectivity index (χ3v) is 7.51. The summed E-state index contributed by atoms with van der Waals surface area (Å²) in [6, 6.07) is 39.4. The first-order chi connectivity index (χ1) is 20.2. The highest BCUT2D eigenvalue weighted by molar-refractivity contribution is 5.16. The maximum Gasteiger partial charge on any atom is 0.106 e. The predicted octanol–water partition coefficient (Wildman–Crippen LogP) is 6.42. The average Bonchev–Trinajstić information content (AvgIpc) is 3.27. The van der Waals surface area contributed by atoms with E-state index in [9.17, 15) is 5.21 Å². The van der Waals surface area contributed by atoms with E-state index >= 15 is 0 Å². The van der Waals surface area contributed by atoms with Gasteiger partial charge in [-0.1, -0.05) is 121 Å². The Morgan fingerprint density at radius 3 is 1.49 bits per heavy atom. The van der Waals surface area contributed by atoms with E-state index in [4.69, 9.17) is 18.9 Å². The van der Waals surface area contributed by atoms with Crippen LogP contribution in [-0.2, 0) is 45.4 Å². The summed E-state index contributed by atoms with van der Waals surface area (Å²) < 4.78 is 25.7. The van der Waals surface area contributed by atoms with Gasteiger partial charge in [0.1, 0.15) is 18.3 Å². The van der Waals surface area contributed by atoms with Crippen molar-refractivity contribution in [3.05, 3.63) is 144 Å². The fraction of sp³-hybridized carbons (Fsp3) is 0.314. The van der Waals surface area contributed by atoms with Gasteiger partial charge in [0, 0.05) is 0 Å². The van der Waals surface area contributed by atoms with Gasteiger partial charge in [-0.05, 0) is 29.2 Å². The van der Waals surface area contributed by atoms with Crippen LogP contribution in [0.15, 0.2) is 121 Å². The molecule has 0 amide bonds. The molecule has 1 N–H and O–H groups in total. The molecule has 0 bridgehead atoms. The highest BCUT2D eigenvalue weighted by Gasteiger charge is 2.52. The first-order valence-electron chi connectivity index (χ1n) is 14.2. The standard InChI is InChI=1S/C35H39NO5/c1-27-34(40-24-30-18-10-4-11-19-30)35(41-25-31-20-12-5-13-21-31)33(36(27)37)32(39-23-29-16-8-3-9-17-29)26-38-22-28-14-6-2-7-15-28/h2-21,27,32-35,37H,22-26H2,1H3/t27-,32?,33+,34-,35-/m0/s1. The van der Waals surface area contributed by atoms with Crippen molar-refractivity contribution in [1.29, 1.82) is 0 Å². The van der Waals surface area contributed by atoms with Crippen LogP contribution in [0, 0.1) is 0 Å². The van der Waals surface area contributed by atoms with Crippen LogP contribution >= 0.6 is 0 Å². The lowest BCUT2D eigenvalue weighted by Crippen LogP contribution is -2.49. The number of benzene rings is 4. The summed E-state index contributed by atoms with van der Waals surface area (Å²) in [7, 11) is 0. The van der Waals surface area contributed by atoms with Crippen molar-refractivity contribution in [2.24, 2.45) is 0 Å². The zero-order valence-corrected chi connectivity index (χ0v) is 23.5. The zero-order valence-electron chi connectivity index (χ0n) is 23.5. The smallest absolute Gasteiger partial charge is 0.106 e. The molecule has 1 aliphatic heterocycles. The second kappa shape index (κ2) is 15.0. The zero-order chi connectivity index (χ0) is 28.3. The van der Waals surface area contributed by atoms with E-state index in [1.807, 2.05) is 128 Å². The van der Waals surface area contributed by atoms with Crippen LogP contribution in [0.1, 0.15) is 29.2 Å². The molecule has 4 aromatic rings. The van der Waals surface area contributed by atoms with Crippen LogP contribution in [0.4, 0.5) is 0 Å². The van der Waals surface area contributed by atoms with Gasteiger partial charge >= 0.3 is 0 Å². The molecule has 1 fully saturated rings. The Kier molecular flexibility index (Phi) is 10.7. The van der Waals surface area contributed by atoms with Crippen LogP contribution in [-0.4, -0.2) is 47.3 Å². The largest absolute Gasteiger partial charge is 0.374 e. The average molecular weight is 554 g/mol. The Bertz CT molecular complexity index is 1280. The quantitative estimate of drug-likeness (QED) is 0.194. The highest BCUT2D eigenvalue weighted by Crippen LogP contribution is 2.33. The van der Waals surface area contributed by atoms with Crippen molar-refractivity contribution in [2.75, 3.05) is 6.61 Å². The van der Waals surface area contributed by atoms with Crippen LogP contribution in [0.5, 0.6) is 0 Å². The molecular weight excluding hydrogens is 514 g/mol. The van der Waals surface area contributed by atoms with Crippen LogP contribution in [0.2, 0.25) is 0 Å². The van der Waals surface area contributed by atoms with Gasteiger partial charge in [0.25, 0.3) is 0 Å². The van der Waals surface area contributed by atoms with E-state index in [0.29, 0.717) is 26.4 Å². The van der Waals surface area contributed by atoms with Crippen LogP contribution in [0.25, 0.3) is 0 Å². The SMILES string of the molecule is C[C@H]1[C@H](OCc2ccccc2)[C@@H](OCc2ccccc2)[C@@H](C(COCc2ccccc2)OCc2ccccc2)N1O. The first-order valence-corrected chi connectivity index (χ1v) is 14.2. The van der Waals surface area contributed by atoms with Gasteiger partial charge in [0.05, 0.1) is 45.1 Å². The summed E-state index contributed by atoms with van der Waals surface area (Å²) in [6.07, 6.45) is -1.32. The van der Waals surface area contributed by atoms with Crippen molar-refractivity contribution in [3.63, 3.8) is 0 Å². The fourth-order valence-corrected chi connectivity index (χ4v) is 5.27. The van der Waals surface area contributed by atoms with Crippen molar-refractivity contribution < 1.29 is 24.2 Å². The van der Waals surface area contributed by atoms with E-state index < -0.39 is 18.2 Å². The summed E-state index contributed by atoms with van der Waals surface area (Å²) >= 11 is 0. The molecule has 5 rings (SSSR count). The molecule has 0 aromatic heterocycles. The molecule has 1 heterocycles. The second-order valence-electron chi connectivity index (χ2n) is 10.5. The summed E-state index contributed by atoms with van der Waals surface area (Å²) in [5.74, 6) is 0. The second-order valence-corrected chi connectivity index (χ2v) is 10.5. The molecular formula is C35H39NO5. The van der Waals surface area contributed by atoms with Gasteiger partial charge in [-0.2, -0.15) is 5.06 Å². The molecule has 1 aliphatic rings. The molecule has 41 heavy (non-hydrogen) atoms. The topological polar surface area (TPSA) is 60.4 Å². The van der Waals surface area contributed by atoms with Crippen molar-refractivity contribution in [2.45, 2.75) is 63.7 Å². The monoisotopic (exact) mass is 553 g/mol. The normalized spacial score (nSPS) is 21.6. The molecule has 1 saturated heterocycles. The number of hydroxylamine groups is 2. The molecule has 6 nitrogen and oxygen atoms in total. The first kappa shape index (κ1) is 29.1. The number of ether oxygens (including phenoxy) is 4. The number of nitrogens with zero attached hydrogens (tertiary/aromatic N) is 1. The number of hydrogen-bond acceptors (Lipinski definition) is 6. The molecule has 5 atom stereocenters. The number of rotatable bonds is 14. The van der Waals surface area contributed by atoms with Gasteiger partial charge in [0.2, 0.25) is 0 Å². The minimum atomic E-state index is -0.506. The van der Waals surface area contributed by atoms with Gasteiger partial charge in [0.15, 0.2) is 0 Å². The van der Waals surface area contributed by atoms with Crippen LogP contribution in [0.3, 0.4) is 0 Å². The van der Waals surface area contributed by atoms with Gasteiger partial charge in [-0.25, -0.2) is 0 Å². The van der Waals surface area contributed by atoms with E-state index in [2.05, 4.69) is 0 Å². The lowest BCUT2D eigenvalue weighted by atomic mass is 10.0. The molecule has 4 aromatic carbocycles. The summed E-state index contributed by atoms with van der Waals surface area (Å²) in [5, 5.41) is 12.9. The lowest BCUT2D eigenvalue weighted by Gasteiger charge is -2.32. The Labute approximate surface area is 243 Å². The Morgan fingerprint density at radius 1 is 0.585 bits per heavy atom. The maximum absolute atomic E-state index is 11.5. The van der Waals surface area contributed by atoms with E-state index in [-0.39, 0.29) is 18.8 Å². The fourth-order valence-electron chi connectivity index (χ4n) is 5.27. The molecule has 0 radical (unpaired) electrons. The van der Waals surface area contributed by atoms with Gasteiger partial charge in [-0.3, -0.25) is 0 Å². The Hall–Kier alpha value is -3.36. The molecule has 1 unspecified atom stereocenters. The van der Waals surface area contributed by atoms with Gasteiger partial charge in [-0.15, -0.1) is 0 Å². The Morgan fingerprint density at radius 2 is 1.00 bits per heavy atom. The molecule has 214 valence electrons. The maximum atomic E-state index is 11.5. The molecule has 0 saturated carbocycles. The van der Waals surface area contributed by atoms with Gasteiger partial charge < -0.3 is 24.2 Å². The summed E-state index contributed by atoms with van der Waals surface area (Å²) in [4.78, 5) is 0. The third kappa shape index (κ3) is 8.11. The lowest BCUT2D eigenvalue weighted by molar-refractivity contribution is -0.192. The molecule has 6 heteroatoms. The predicted molar refractivity (Wildman–Crippen MR) is 158 cm³/mol. The molecule has 0 aliphatic carbocycles. The highest BCUT2D eigenvalue weighted by atomic mass is 16.6. The summed E-state index contributed by atoms with van der Waals surface area (Å²) in [6.45, 7) is 3.90. The van der Waals surface area contributed by atoms with Crippen molar-refractivity contribution >= 4 is 0 Å². The van der Waals surface area contributed by atoms with Crippen LogP contribution < -0.4 is 0 Å². The van der Waals surface area contributed by atoms with E-state index in [0.717, 1.165) is 22.3 Å². The van der Waals surface area contributed by atoms with E-state index in [1.165, 1.54) is 5.06 Å². The van der Waals surface area contributed by atoms with Crippen molar-refractivity contribution in [3.8, 4) is 0 Å². The van der Waals surface area contributed by atoms with Crippen molar-refractivity contribution in [1.82, 2.24) is 5.06 Å².